The second-order valence-electron chi connectivity index (χ2n) is 5.36. The number of rotatable bonds is 0. The van der Waals surface area contributed by atoms with Crippen LogP contribution in [0.15, 0.2) is 22.8 Å². The molecule has 0 saturated carbocycles. The van der Waals surface area contributed by atoms with Gasteiger partial charge in [0.2, 0.25) is 0 Å². The van der Waals surface area contributed by atoms with Crippen LogP contribution in [-0.4, -0.2) is 4.98 Å². The van der Waals surface area contributed by atoms with Crippen LogP contribution in [0, 0.1) is 6.92 Å². The summed E-state index contributed by atoms with van der Waals surface area (Å²) in [6, 6.07) is 4.27. The van der Waals surface area contributed by atoms with E-state index in [9.17, 15) is 0 Å². The number of nitrogens with zero attached hydrogens (tertiary/aromatic N) is 1. The lowest BCUT2D eigenvalue weighted by Gasteiger charge is -2.20. The molecule has 0 radical (unpaired) electrons. The third-order valence-corrected chi connectivity index (χ3v) is 4.01. The van der Waals surface area contributed by atoms with E-state index in [1.807, 2.05) is 13.1 Å². The minimum atomic E-state index is 0.101. The van der Waals surface area contributed by atoms with E-state index in [4.69, 9.17) is 11.6 Å². The lowest BCUT2D eigenvalue weighted by Crippen LogP contribution is -2.11. The van der Waals surface area contributed by atoms with Crippen molar-refractivity contribution in [2.24, 2.45) is 0 Å². The summed E-state index contributed by atoms with van der Waals surface area (Å²) >= 11 is 9.94. The first-order chi connectivity index (χ1) is 7.80. The molecule has 0 aliphatic rings. The van der Waals surface area contributed by atoms with Gasteiger partial charge in [0.05, 0.1) is 10.5 Å². The summed E-state index contributed by atoms with van der Waals surface area (Å²) in [5.41, 5.74) is 3.29. The Morgan fingerprint density at radius 3 is 2.47 bits per heavy atom. The van der Waals surface area contributed by atoms with E-state index < -0.39 is 0 Å². The molecular weight excluding hydrogens is 298 g/mol. The Morgan fingerprint density at radius 2 is 1.88 bits per heavy atom. The smallest absolute Gasteiger partial charge is 0.0859 e. The number of benzene rings is 1. The number of halogens is 2. The molecule has 1 aromatic carbocycles. The maximum absolute atomic E-state index is 6.36. The predicted octanol–water partition coefficient (Wildman–Crippen LogP) is 5.26. The molecule has 0 amide bonds. The van der Waals surface area contributed by atoms with E-state index >= 15 is 0 Å². The summed E-state index contributed by atoms with van der Waals surface area (Å²) < 4.78 is 1.00. The Morgan fingerprint density at radius 1 is 1.24 bits per heavy atom. The van der Waals surface area contributed by atoms with E-state index in [1.165, 1.54) is 5.56 Å². The molecule has 0 N–H and O–H groups in total. The number of hydrogen-bond acceptors (Lipinski definition) is 1. The second-order valence-corrected chi connectivity index (χ2v) is 6.59. The van der Waals surface area contributed by atoms with Crippen LogP contribution < -0.4 is 0 Å². The Balaban J connectivity index is 2.84. The van der Waals surface area contributed by atoms with E-state index in [0.717, 1.165) is 26.0 Å². The minimum absolute atomic E-state index is 0.101. The van der Waals surface area contributed by atoms with E-state index in [2.05, 4.69) is 53.8 Å². The number of hydrogen-bond donors (Lipinski definition) is 0. The molecule has 0 bridgehead atoms. The van der Waals surface area contributed by atoms with Crippen molar-refractivity contribution in [2.45, 2.75) is 33.1 Å². The number of aromatic nitrogens is 1. The first-order valence-corrected chi connectivity index (χ1v) is 6.72. The Hall–Kier alpha value is -0.600. The zero-order valence-corrected chi connectivity index (χ0v) is 12.8. The van der Waals surface area contributed by atoms with Gasteiger partial charge < -0.3 is 0 Å². The molecule has 3 heteroatoms. The monoisotopic (exact) mass is 311 g/mol. The van der Waals surface area contributed by atoms with Gasteiger partial charge in [-0.3, -0.25) is 4.98 Å². The first-order valence-electron chi connectivity index (χ1n) is 5.55. The third-order valence-electron chi connectivity index (χ3n) is 2.90. The highest BCUT2D eigenvalue weighted by Gasteiger charge is 2.17. The minimum Gasteiger partial charge on any atom is -0.255 e. The van der Waals surface area contributed by atoms with Gasteiger partial charge in [0.15, 0.2) is 0 Å². The molecule has 1 aromatic heterocycles. The summed E-state index contributed by atoms with van der Waals surface area (Å²) in [6.07, 6.45) is 1.81. The van der Waals surface area contributed by atoms with Gasteiger partial charge >= 0.3 is 0 Å². The van der Waals surface area contributed by atoms with Crippen LogP contribution in [0.4, 0.5) is 0 Å². The fourth-order valence-corrected chi connectivity index (χ4v) is 2.52. The molecule has 0 atom stereocenters. The Bertz CT molecular complexity index is 585. The zero-order valence-electron chi connectivity index (χ0n) is 10.4. The van der Waals surface area contributed by atoms with Gasteiger partial charge in [-0.05, 0) is 51.5 Å². The lowest BCUT2D eigenvalue weighted by atomic mass is 9.86. The molecule has 0 saturated heterocycles. The summed E-state index contributed by atoms with van der Waals surface area (Å²) in [5, 5.41) is 1.81. The van der Waals surface area contributed by atoms with E-state index in [-0.39, 0.29) is 5.41 Å². The number of fused-ring (bicyclic) bond motifs is 1. The van der Waals surface area contributed by atoms with Gasteiger partial charge in [-0.2, -0.15) is 0 Å². The van der Waals surface area contributed by atoms with Gasteiger partial charge in [0.25, 0.3) is 0 Å². The maximum Gasteiger partial charge on any atom is 0.0859 e. The van der Waals surface area contributed by atoms with Gasteiger partial charge in [0.1, 0.15) is 0 Å². The van der Waals surface area contributed by atoms with Crippen LogP contribution in [0.2, 0.25) is 5.02 Å². The van der Waals surface area contributed by atoms with Crippen molar-refractivity contribution in [1.29, 1.82) is 0 Å². The largest absolute Gasteiger partial charge is 0.255 e. The van der Waals surface area contributed by atoms with Crippen molar-refractivity contribution in [3.63, 3.8) is 0 Å². The topological polar surface area (TPSA) is 12.9 Å². The van der Waals surface area contributed by atoms with Crippen molar-refractivity contribution in [3.8, 4) is 0 Å². The number of aryl methyl sites for hydroxylation is 1. The normalized spacial score (nSPS) is 12.1. The summed E-state index contributed by atoms with van der Waals surface area (Å²) in [5.74, 6) is 0. The van der Waals surface area contributed by atoms with Crippen molar-refractivity contribution < 1.29 is 0 Å². The molecule has 0 aliphatic heterocycles. The average molecular weight is 313 g/mol. The molecule has 0 spiro atoms. The van der Waals surface area contributed by atoms with Crippen LogP contribution in [0.1, 0.15) is 31.9 Å². The van der Waals surface area contributed by atoms with E-state index in [1.54, 1.807) is 0 Å². The molecule has 0 aliphatic carbocycles. The molecule has 2 rings (SSSR count). The highest BCUT2D eigenvalue weighted by molar-refractivity contribution is 9.10. The van der Waals surface area contributed by atoms with E-state index in [0.29, 0.717) is 0 Å². The molecule has 0 unspecified atom stereocenters. The van der Waals surface area contributed by atoms with Gasteiger partial charge in [-0.15, -0.1) is 0 Å². The molecule has 1 heterocycles. The van der Waals surface area contributed by atoms with Gasteiger partial charge in [-0.1, -0.05) is 32.4 Å². The van der Waals surface area contributed by atoms with Gasteiger partial charge in [0, 0.05) is 16.1 Å². The Labute approximate surface area is 115 Å². The summed E-state index contributed by atoms with van der Waals surface area (Å²) in [6.45, 7) is 8.56. The standard InChI is InChI=1S/C14H15BrClN/c1-8-7-17-13-10(12(8)16)5-9(6-11(13)15)14(2,3)4/h5-7H,1-4H3. The molecule has 2 aromatic rings. The highest BCUT2D eigenvalue weighted by atomic mass is 79.9. The van der Waals surface area contributed by atoms with Gasteiger partial charge in [-0.25, -0.2) is 0 Å². The molecule has 0 fully saturated rings. The fraction of sp³-hybridized carbons (Fsp3) is 0.357. The molecule has 17 heavy (non-hydrogen) atoms. The van der Waals surface area contributed by atoms with Crippen molar-refractivity contribution in [3.05, 3.63) is 39.0 Å². The summed E-state index contributed by atoms with van der Waals surface area (Å²) in [4.78, 5) is 4.43. The zero-order chi connectivity index (χ0) is 12.8. The highest BCUT2D eigenvalue weighted by Crippen LogP contribution is 2.34. The fourth-order valence-electron chi connectivity index (χ4n) is 1.76. The van der Waals surface area contributed by atoms with Crippen LogP contribution in [0.5, 0.6) is 0 Å². The SMILES string of the molecule is Cc1cnc2c(Br)cc(C(C)(C)C)cc2c1Cl. The van der Waals surface area contributed by atoms with Crippen LogP contribution >= 0.6 is 27.5 Å². The lowest BCUT2D eigenvalue weighted by molar-refractivity contribution is 0.591. The van der Waals surface area contributed by atoms with Crippen molar-refractivity contribution >= 4 is 38.4 Å². The maximum atomic E-state index is 6.36. The van der Waals surface area contributed by atoms with Crippen LogP contribution in [0.25, 0.3) is 10.9 Å². The predicted molar refractivity (Wildman–Crippen MR) is 77.9 cm³/mol. The van der Waals surface area contributed by atoms with Crippen LogP contribution in [0.3, 0.4) is 0 Å². The third kappa shape index (κ3) is 2.34. The van der Waals surface area contributed by atoms with Crippen molar-refractivity contribution in [2.75, 3.05) is 0 Å². The van der Waals surface area contributed by atoms with Crippen molar-refractivity contribution in [1.82, 2.24) is 4.98 Å². The first kappa shape index (κ1) is 12.8. The number of pyridine rings is 1. The molecular formula is C14H15BrClN. The molecule has 90 valence electrons. The second kappa shape index (κ2) is 4.25. The molecule has 1 nitrogen and oxygen atoms in total. The Kier molecular flexibility index (Phi) is 3.21. The quantitative estimate of drug-likeness (QED) is 0.647. The van der Waals surface area contributed by atoms with Crippen LogP contribution in [-0.2, 0) is 5.41 Å². The summed E-state index contributed by atoms with van der Waals surface area (Å²) in [7, 11) is 0. The average Bonchev–Trinajstić information content (AvgIpc) is 2.22.